The summed E-state index contributed by atoms with van der Waals surface area (Å²) < 4.78 is 5.70. The van der Waals surface area contributed by atoms with Crippen molar-refractivity contribution in [2.45, 2.75) is 33.5 Å². The van der Waals surface area contributed by atoms with E-state index in [-0.39, 0.29) is 0 Å². The van der Waals surface area contributed by atoms with E-state index < -0.39 is 0 Å². The van der Waals surface area contributed by atoms with Crippen LogP contribution in [-0.2, 0) is 19.6 Å². The number of hydrogen-bond donors (Lipinski definition) is 2. The summed E-state index contributed by atoms with van der Waals surface area (Å²) in [4.78, 5) is 6.91. The lowest BCUT2D eigenvalue weighted by Gasteiger charge is -2.14. The van der Waals surface area contributed by atoms with Crippen LogP contribution in [0.25, 0.3) is 0 Å². The van der Waals surface area contributed by atoms with Gasteiger partial charge in [0.1, 0.15) is 5.75 Å². The van der Waals surface area contributed by atoms with Gasteiger partial charge < -0.3 is 20.3 Å². The molecule has 5 heteroatoms. The van der Waals surface area contributed by atoms with Gasteiger partial charge in [0.25, 0.3) is 0 Å². The van der Waals surface area contributed by atoms with Crippen LogP contribution in [0.4, 0.5) is 0 Å². The molecule has 0 saturated heterocycles. The Morgan fingerprint density at radius 1 is 1.00 bits per heavy atom. The molecule has 0 heterocycles. The standard InChI is InChI=1S/C22H32N4O/c1-5-23-22(25-16-20-12-7-8-13-21(20)27-6-2)24-15-18-10-9-11-19(14-18)17-26(3)4/h7-14H,5-6,15-17H2,1-4H3,(H2,23,24,25). The highest BCUT2D eigenvalue weighted by molar-refractivity contribution is 5.79. The Balaban J connectivity index is 2.02. The third-order valence-corrected chi connectivity index (χ3v) is 3.97. The average molecular weight is 369 g/mol. The summed E-state index contributed by atoms with van der Waals surface area (Å²) in [5, 5.41) is 6.71. The smallest absolute Gasteiger partial charge is 0.191 e. The van der Waals surface area contributed by atoms with Gasteiger partial charge in [-0.1, -0.05) is 42.5 Å². The number of aliphatic imine (C=N–C) groups is 1. The summed E-state index contributed by atoms with van der Waals surface area (Å²) in [5.74, 6) is 1.72. The highest BCUT2D eigenvalue weighted by Gasteiger charge is 2.04. The minimum absolute atomic E-state index is 0.643. The van der Waals surface area contributed by atoms with Crippen molar-refractivity contribution in [3.8, 4) is 5.75 Å². The minimum Gasteiger partial charge on any atom is -0.494 e. The second-order valence-corrected chi connectivity index (χ2v) is 6.65. The third-order valence-electron chi connectivity index (χ3n) is 3.97. The Kier molecular flexibility index (Phi) is 8.65. The maximum Gasteiger partial charge on any atom is 0.191 e. The molecule has 0 aromatic heterocycles. The SMILES string of the molecule is CCNC(=NCc1cccc(CN(C)C)c1)NCc1ccccc1OCC. The van der Waals surface area contributed by atoms with Crippen molar-refractivity contribution in [2.75, 3.05) is 27.2 Å². The fourth-order valence-electron chi connectivity index (χ4n) is 2.83. The molecule has 0 atom stereocenters. The van der Waals surface area contributed by atoms with Gasteiger partial charge in [-0.3, -0.25) is 0 Å². The molecule has 2 aromatic rings. The fourth-order valence-corrected chi connectivity index (χ4v) is 2.83. The van der Waals surface area contributed by atoms with Gasteiger partial charge in [0.2, 0.25) is 0 Å². The molecule has 5 nitrogen and oxygen atoms in total. The number of nitrogens with one attached hydrogen (secondary N) is 2. The lowest BCUT2D eigenvalue weighted by atomic mass is 10.1. The molecule has 2 aromatic carbocycles. The second kappa shape index (κ2) is 11.2. The molecule has 0 aliphatic rings. The first kappa shape index (κ1) is 20.8. The van der Waals surface area contributed by atoms with Crippen molar-refractivity contribution in [2.24, 2.45) is 4.99 Å². The molecule has 27 heavy (non-hydrogen) atoms. The number of nitrogens with zero attached hydrogens (tertiary/aromatic N) is 2. The van der Waals surface area contributed by atoms with Crippen molar-refractivity contribution in [1.82, 2.24) is 15.5 Å². The zero-order chi connectivity index (χ0) is 19.5. The second-order valence-electron chi connectivity index (χ2n) is 6.65. The van der Waals surface area contributed by atoms with Crippen molar-refractivity contribution < 1.29 is 4.74 Å². The van der Waals surface area contributed by atoms with Gasteiger partial charge in [0, 0.05) is 25.2 Å². The van der Waals surface area contributed by atoms with E-state index in [1.165, 1.54) is 11.1 Å². The van der Waals surface area contributed by atoms with E-state index in [0.717, 1.165) is 30.4 Å². The molecule has 0 bridgehead atoms. The van der Waals surface area contributed by atoms with E-state index in [1.54, 1.807) is 0 Å². The molecule has 0 aliphatic heterocycles. The van der Waals surface area contributed by atoms with Crippen LogP contribution < -0.4 is 15.4 Å². The molecule has 2 N–H and O–H groups in total. The molecule has 0 radical (unpaired) electrons. The summed E-state index contributed by atoms with van der Waals surface area (Å²) in [6, 6.07) is 16.7. The highest BCUT2D eigenvalue weighted by atomic mass is 16.5. The number of para-hydroxylation sites is 1. The predicted molar refractivity (Wildman–Crippen MR) is 113 cm³/mol. The van der Waals surface area contributed by atoms with Crippen LogP contribution in [0.15, 0.2) is 53.5 Å². The number of benzene rings is 2. The van der Waals surface area contributed by atoms with E-state index in [4.69, 9.17) is 9.73 Å². The van der Waals surface area contributed by atoms with Gasteiger partial charge in [-0.25, -0.2) is 4.99 Å². The maximum atomic E-state index is 5.70. The van der Waals surface area contributed by atoms with Crippen LogP contribution in [0.3, 0.4) is 0 Å². The Bertz CT molecular complexity index is 728. The van der Waals surface area contributed by atoms with Crippen LogP contribution >= 0.6 is 0 Å². The highest BCUT2D eigenvalue weighted by Crippen LogP contribution is 2.17. The van der Waals surface area contributed by atoms with Gasteiger partial charge in [-0.2, -0.15) is 0 Å². The van der Waals surface area contributed by atoms with E-state index >= 15 is 0 Å². The number of guanidine groups is 1. The number of rotatable bonds is 9. The van der Waals surface area contributed by atoms with Crippen molar-refractivity contribution in [3.05, 3.63) is 65.2 Å². The first-order chi connectivity index (χ1) is 13.1. The molecule has 0 aliphatic carbocycles. The summed E-state index contributed by atoms with van der Waals surface area (Å²) >= 11 is 0. The van der Waals surface area contributed by atoms with Crippen LogP contribution in [0.1, 0.15) is 30.5 Å². The lowest BCUT2D eigenvalue weighted by Crippen LogP contribution is -2.36. The van der Waals surface area contributed by atoms with E-state index in [0.29, 0.717) is 19.7 Å². The van der Waals surface area contributed by atoms with E-state index in [9.17, 15) is 0 Å². The summed E-state index contributed by atoms with van der Waals surface area (Å²) in [7, 11) is 4.16. The Morgan fingerprint density at radius 3 is 2.52 bits per heavy atom. The Hall–Kier alpha value is -2.53. The van der Waals surface area contributed by atoms with Crippen LogP contribution in [-0.4, -0.2) is 38.1 Å². The quantitative estimate of drug-likeness (QED) is 0.526. The first-order valence-corrected chi connectivity index (χ1v) is 9.57. The molecule has 0 unspecified atom stereocenters. The Morgan fingerprint density at radius 2 is 1.78 bits per heavy atom. The van der Waals surface area contributed by atoms with E-state index in [1.807, 2.05) is 25.1 Å². The fraction of sp³-hybridized carbons (Fsp3) is 0.409. The van der Waals surface area contributed by atoms with Gasteiger partial charge in [-0.05, 0) is 45.1 Å². The van der Waals surface area contributed by atoms with Crippen LogP contribution in [0, 0.1) is 0 Å². The van der Waals surface area contributed by atoms with Gasteiger partial charge >= 0.3 is 0 Å². The third kappa shape index (κ3) is 7.31. The molecular weight excluding hydrogens is 336 g/mol. The molecule has 0 fully saturated rings. The average Bonchev–Trinajstić information content (AvgIpc) is 2.65. The Labute approximate surface area is 163 Å². The molecule has 2 rings (SSSR count). The van der Waals surface area contributed by atoms with Gasteiger partial charge in [-0.15, -0.1) is 0 Å². The van der Waals surface area contributed by atoms with Crippen molar-refractivity contribution in [3.63, 3.8) is 0 Å². The molecule has 146 valence electrons. The molecule has 0 saturated carbocycles. The van der Waals surface area contributed by atoms with Crippen molar-refractivity contribution in [1.29, 1.82) is 0 Å². The zero-order valence-electron chi connectivity index (χ0n) is 17.0. The van der Waals surface area contributed by atoms with Crippen molar-refractivity contribution >= 4 is 5.96 Å². The number of hydrogen-bond acceptors (Lipinski definition) is 3. The summed E-state index contributed by atoms with van der Waals surface area (Å²) in [5.41, 5.74) is 3.63. The van der Waals surface area contributed by atoms with Crippen LogP contribution in [0.5, 0.6) is 5.75 Å². The lowest BCUT2D eigenvalue weighted by molar-refractivity contribution is 0.336. The molecular formula is C22H32N4O. The van der Waals surface area contributed by atoms with Gasteiger partial charge in [0.15, 0.2) is 5.96 Å². The van der Waals surface area contributed by atoms with Gasteiger partial charge in [0.05, 0.1) is 13.2 Å². The monoisotopic (exact) mass is 368 g/mol. The van der Waals surface area contributed by atoms with E-state index in [2.05, 4.69) is 66.9 Å². The normalized spacial score (nSPS) is 11.5. The molecule has 0 amide bonds. The predicted octanol–water partition coefficient (Wildman–Crippen LogP) is 3.40. The minimum atomic E-state index is 0.643. The largest absolute Gasteiger partial charge is 0.494 e. The summed E-state index contributed by atoms with van der Waals surface area (Å²) in [6.45, 7) is 7.80. The zero-order valence-corrected chi connectivity index (χ0v) is 17.0. The first-order valence-electron chi connectivity index (χ1n) is 9.57. The number of ether oxygens (including phenoxy) is 1. The van der Waals surface area contributed by atoms with Crippen LogP contribution in [0.2, 0.25) is 0 Å². The molecule has 0 spiro atoms. The summed E-state index contributed by atoms with van der Waals surface area (Å²) in [6.07, 6.45) is 0. The topological polar surface area (TPSA) is 48.9 Å². The maximum absolute atomic E-state index is 5.70.